The summed E-state index contributed by atoms with van der Waals surface area (Å²) in [6.07, 6.45) is 4.93. The van der Waals surface area contributed by atoms with Gasteiger partial charge >= 0.3 is 0 Å². The lowest BCUT2D eigenvalue weighted by atomic mass is 10.2. The molecule has 0 saturated heterocycles. The van der Waals surface area contributed by atoms with Crippen LogP contribution in [0.5, 0.6) is 0 Å². The number of hydrogen-bond donors (Lipinski definition) is 2. The number of fused-ring (bicyclic) bond motifs is 1. The molecule has 0 bridgehead atoms. The Bertz CT molecular complexity index is 418. The molecule has 0 radical (unpaired) electrons. The van der Waals surface area contributed by atoms with Crippen molar-refractivity contribution in [2.75, 3.05) is 18.4 Å². The van der Waals surface area contributed by atoms with Crippen LogP contribution in [0, 0.1) is 0 Å². The summed E-state index contributed by atoms with van der Waals surface area (Å²) in [6.45, 7) is 3.45. The van der Waals surface area contributed by atoms with Crippen molar-refractivity contribution >= 4 is 11.7 Å². The first-order chi connectivity index (χ1) is 8.79. The number of aromatic nitrogens is 1. The third kappa shape index (κ3) is 3.45. The molecule has 0 atom stereocenters. The van der Waals surface area contributed by atoms with Gasteiger partial charge in [-0.25, -0.2) is 4.98 Å². The number of pyridine rings is 1. The Morgan fingerprint density at radius 2 is 2.22 bits per heavy atom. The van der Waals surface area contributed by atoms with Crippen molar-refractivity contribution in [1.29, 1.82) is 0 Å². The maximum Gasteiger partial charge on any atom is 0.221 e. The Morgan fingerprint density at radius 1 is 1.33 bits per heavy atom. The van der Waals surface area contributed by atoms with E-state index in [0.717, 1.165) is 31.6 Å². The molecule has 0 aromatic carbocycles. The van der Waals surface area contributed by atoms with Gasteiger partial charge in [0.15, 0.2) is 0 Å². The largest absolute Gasteiger partial charge is 0.370 e. The van der Waals surface area contributed by atoms with Gasteiger partial charge in [-0.15, -0.1) is 0 Å². The molecule has 1 aliphatic rings. The third-order valence-electron chi connectivity index (χ3n) is 3.16. The molecule has 1 aromatic rings. The SMILES string of the molecule is CCCNC(=O)CCNc1ccc2c(n1)CCC2. The summed E-state index contributed by atoms with van der Waals surface area (Å²) in [4.78, 5) is 16.0. The first-order valence-corrected chi connectivity index (χ1v) is 6.79. The van der Waals surface area contributed by atoms with Gasteiger partial charge in [0.25, 0.3) is 0 Å². The van der Waals surface area contributed by atoms with E-state index in [1.807, 2.05) is 13.0 Å². The fourth-order valence-corrected chi connectivity index (χ4v) is 2.18. The minimum absolute atomic E-state index is 0.102. The minimum Gasteiger partial charge on any atom is -0.370 e. The van der Waals surface area contributed by atoms with Crippen LogP contribution in [0.15, 0.2) is 12.1 Å². The molecule has 1 aromatic heterocycles. The molecule has 2 N–H and O–H groups in total. The smallest absolute Gasteiger partial charge is 0.221 e. The van der Waals surface area contributed by atoms with Crippen LogP contribution in [0.25, 0.3) is 0 Å². The van der Waals surface area contributed by atoms with Crippen molar-refractivity contribution in [1.82, 2.24) is 10.3 Å². The fourth-order valence-electron chi connectivity index (χ4n) is 2.18. The van der Waals surface area contributed by atoms with E-state index in [-0.39, 0.29) is 5.91 Å². The molecule has 1 amide bonds. The zero-order chi connectivity index (χ0) is 12.8. The summed E-state index contributed by atoms with van der Waals surface area (Å²) < 4.78 is 0. The van der Waals surface area contributed by atoms with Crippen LogP contribution < -0.4 is 10.6 Å². The summed E-state index contributed by atoms with van der Waals surface area (Å²) in [6, 6.07) is 4.16. The fraction of sp³-hybridized carbons (Fsp3) is 0.571. The summed E-state index contributed by atoms with van der Waals surface area (Å²) in [5.74, 6) is 0.990. The molecule has 4 heteroatoms. The summed E-state index contributed by atoms with van der Waals surface area (Å²) in [7, 11) is 0. The number of hydrogen-bond acceptors (Lipinski definition) is 3. The van der Waals surface area contributed by atoms with Crippen molar-refractivity contribution in [2.45, 2.75) is 39.0 Å². The van der Waals surface area contributed by atoms with Crippen molar-refractivity contribution in [3.05, 3.63) is 23.4 Å². The van der Waals surface area contributed by atoms with Gasteiger partial charge < -0.3 is 10.6 Å². The second-order valence-corrected chi connectivity index (χ2v) is 4.68. The number of aryl methyl sites for hydroxylation is 2. The molecule has 4 nitrogen and oxygen atoms in total. The third-order valence-corrected chi connectivity index (χ3v) is 3.16. The number of carbonyl (C=O) groups excluding carboxylic acids is 1. The van der Waals surface area contributed by atoms with E-state index in [9.17, 15) is 4.79 Å². The van der Waals surface area contributed by atoms with Crippen LogP contribution in [-0.4, -0.2) is 24.0 Å². The molecule has 1 heterocycles. The van der Waals surface area contributed by atoms with Gasteiger partial charge in [0.2, 0.25) is 5.91 Å². The Balaban J connectivity index is 1.75. The van der Waals surface area contributed by atoms with Gasteiger partial charge in [0.05, 0.1) is 0 Å². The van der Waals surface area contributed by atoms with Gasteiger partial charge in [-0.3, -0.25) is 4.79 Å². The van der Waals surface area contributed by atoms with Crippen molar-refractivity contribution in [3.63, 3.8) is 0 Å². The van der Waals surface area contributed by atoms with Gasteiger partial charge in [-0.05, 0) is 37.3 Å². The lowest BCUT2D eigenvalue weighted by Crippen LogP contribution is -2.26. The van der Waals surface area contributed by atoms with Gasteiger partial charge in [0.1, 0.15) is 5.82 Å². The highest BCUT2D eigenvalue weighted by Crippen LogP contribution is 2.21. The van der Waals surface area contributed by atoms with Crippen LogP contribution in [-0.2, 0) is 17.6 Å². The molecule has 0 spiro atoms. The van der Waals surface area contributed by atoms with E-state index >= 15 is 0 Å². The first-order valence-electron chi connectivity index (χ1n) is 6.79. The molecule has 98 valence electrons. The second kappa shape index (κ2) is 6.38. The monoisotopic (exact) mass is 247 g/mol. The summed E-state index contributed by atoms with van der Waals surface area (Å²) in [5, 5.41) is 6.07. The quantitative estimate of drug-likeness (QED) is 0.807. The molecule has 0 aliphatic heterocycles. The number of nitrogens with one attached hydrogen (secondary N) is 2. The maximum atomic E-state index is 11.4. The molecule has 18 heavy (non-hydrogen) atoms. The Morgan fingerprint density at radius 3 is 3.06 bits per heavy atom. The average Bonchev–Trinajstić information content (AvgIpc) is 2.83. The van der Waals surface area contributed by atoms with Gasteiger partial charge in [-0.2, -0.15) is 0 Å². The molecular formula is C14H21N3O. The van der Waals surface area contributed by atoms with E-state index in [1.54, 1.807) is 0 Å². The van der Waals surface area contributed by atoms with Crippen molar-refractivity contribution in [3.8, 4) is 0 Å². The highest BCUT2D eigenvalue weighted by Gasteiger charge is 2.12. The molecule has 0 unspecified atom stereocenters. The second-order valence-electron chi connectivity index (χ2n) is 4.68. The lowest BCUT2D eigenvalue weighted by molar-refractivity contribution is -0.120. The van der Waals surface area contributed by atoms with Gasteiger partial charge in [-0.1, -0.05) is 13.0 Å². The van der Waals surface area contributed by atoms with E-state index in [1.165, 1.54) is 17.7 Å². The predicted octanol–water partition coefficient (Wildman–Crippen LogP) is 1.90. The molecule has 1 aliphatic carbocycles. The van der Waals surface area contributed by atoms with E-state index in [0.29, 0.717) is 13.0 Å². The lowest BCUT2D eigenvalue weighted by Gasteiger charge is -2.07. The Hall–Kier alpha value is -1.58. The summed E-state index contributed by atoms with van der Waals surface area (Å²) in [5.41, 5.74) is 2.59. The number of carbonyl (C=O) groups is 1. The van der Waals surface area contributed by atoms with Crippen LogP contribution in [0.3, 0.4) is 0 Å². The van der Waals surface area contributed by atoms with E-state index in [4.69, 9.17) is 0 Å². The average molecular weight is 247 g/mol. The highest BCUT2D eigenvalue weighted by atomic mass is 16.1. The van der Waals surface area contributed by atoms with E-state index < -0.39 is 0 Å². The normalized spacial score (nSPS) is 13.2. The minimum atomic E-state index is 0.102. The number of anilines is 1. The molecular weight excluding hydrogens is 226 g/mol. The maximum absolute atomic E-state index is 11.4. The summed E-state index contributed by atoms with van der Waals surface area (Å²) >= 11 is 0. The standard InChI is InChI=1S/C14H21N3O/c1-2-9-16-14(18)8-10-15-13-7-6-11-4-3-5-12(11)17-13/h6-7H,2-5,8-10H2,1H3,(H,15,17)(H,16,18). The molecule has 2 rings (SSSR count). The first kappa shape index (κ1) is 12.9. The Labute approximate surface area is 108 Å². The van der Waals surface area contributed by atoms with Crippen molar-refractivity contribution < 1.29 is 4.79 Å². The van der Waals surface area contributed by atoms with Gasteiger partial charge in [0, 0.05) is 25.2 Å². The molecule has 0 fully saturated rings. The van der Waals surface area contributed by atoms with Crippen molar-refractivity contribution in [2.24, 2.45) is 0 Å². The zero-order valence-electron chi connectivity index (χ0n) is 11.0. The van der Waals surface area contributed by atoms with E-state index in [2.05, 4.69) is 21.7 Å². The predicted molar refractivity (Wildman–Crippen MR) is 72.7 cm³/mol. The zero-order valence-corrected chi connectivity index (χ0v) is 11.0. The van der Waals surface area contributed by atoms with Crippen LogP contribution in [0.4, 0.5) is 5.82 Å². The van der Waals surface area contributed by atoms with Crippen LogP contribution in [0.2, 0.25) is 0 Å². The number of amides is 1. The van der Waals surface area contributed by atoms with Crippen LogP contribution >= 0.6 is 0 Å². The number of nitrogens with zero attached hydrogens (tertiary/aromatic N) is 1. The Kier molecular flexibility index (Phi) is 4.56. The number of rotatable bonds is 6. The molecule has 0 saturated carbocycles. The topological polar surface area (TPSA) is 54.0 Å². The van der Waals surface area contributed by atoms with Crippen LogP contribution in [0.1, 0.15) is 37.4 Å². The highest BCUT2D eigenvalue weighted by molar-refractivity contribution is 5.76.